The van der Waals surface area contributed by atoms with Crippen LogP contribution in [0.5, 0.6) is 0 Å². The first-order valence-corrected chi connectivity index (χ1v) is 7.64. The van der Waals surface area contributed by atoms with Gasteiger partial charge in [-0.1, -0.05) is 25.7 Å². The number of rotatable bonds is 6. The molecule has 0 radical (unpaired) electrons. The minimum atomic E-state index is -0.731. The largest absolute Gasteiger partial charge is 0.481 e. The number of carboxylic acid groups (broad SMARTS) is 1. The molecule has 0 aromatic heterocycles. The van der Waals surface area contributed by atoms with Crippen molar-refractivity contribution >= 4 is 11.9 Å². The SMILES string of the molecule is O=C(O)CCC1CCN(C(=O)CCC2CCCC2)C1. The lowest BCUT2D eigenvalue weighted by molar-refractivity contribution is -0.137. The Labute approximate surface area is 115 Å². The zero-order valence-corrected chi connectivity index (χ0v) is 11.6. The molecule has 4 heteroatoms. The van der Waals surface area contributed by atoms with Crippen LogP contribution in [-0.2, 0) is 9.59 Å². The Morgan fingerprint density at radius 2 is 1.68 bits per heavy atom. The molecule has 0 spiro atoms. The van der Waals surface area contributed by atoms with Crippen LogP contribution in [0.15, 0.2) is 0 Å². The van der Waals surface area contributed by atoms with Crippen molar-refractivity contribution in [3.63, 3.8) is 0 Å². The number of aliphatic carboxylic acids is 1. The highest BCUT2D eigenvalue weighted by Crippen LogP contribution is 2.29. The van der Waals surface area contributed by atoms with Gasteiger partial charge in [-0.05, 0) is 31.1 Å². The predicted molar refractivity (Wildman–Crippen MR) is 72.7 cm³/mol. The molecule has 2 rings (SSSR count). The van der Waals surface area contributed by atoms with Gasteiger partial charge in [0.1, 0.15) is 0 Å². The second-order valence-corrected chi connectivity index (χ2v) is 6.12. The normalized spacial score (nSPS) is 24.0. The summed E-state index contributed by atoms with van der Waals surface area (Å²) in [4.78, 5) is 24.6. The standard InChI is InChI=1S/C15H25NO3/c17-14(7-5-12-3-1-2-4-12)16-10-9-13(11-16)6-8-15(18)19/h12-13H,1-11H2,(H,18,19). The highest BCUT2D eigenvalue weighted by molar-refractivity contribution is 5.76. The van der Waals surface area contributed by atoms with Crippen LogP contribution < -0.4 is 0 Å². The van der Waals surface area contributed by atoms with Gasteiger partial charge in [-0.2, -0.15) is 0 Å². The summed E-state index contributed by atoms with van der Waals surface area (Å²) >= 11 is 0. The summed E-state index contributed by atoms with van der Waals surface area (Å²) in [6.45, 7) is 1.60. The fourth-order valence-corrected chi connectivity index (χ4v) is 3.41. The van der Waals surface area contributed by atoms with E-state index in [4.69, 9.17) is 5.11 Å². The van der Waals surface area contributed by atoms with Gasteiger partial charge < -0.3 is 10.0 Å². The first-order chi connectivity index (χ1) is 9.15. The molecule has 2 fully saturated rings. The molecule has 1 heterocycles. The van der Waals surface area contributed by atoms with Crippen molar-refractivity contribution < 1.29 is 14.7 Å². The third-order valence-electron chi connectivity index (χ3n) is 4.65. The smallest absolute Gasteiger partial charge is 0.303 e. The van der Waals surface area contributed by atoms with Crippen molar-refractivity contribution in [2.45, 2.75) is 57.8 Å². The molecule has 1 aliphatic heterocycles. The van der Waals surface area contributed by atoms with Gasteiger partial charge in [0.05, 0.1) is 0 Å². The Hall–Kier alpha value is -1.06. The molecule has 1 unspecified atom stereocenters. The maximum atomic E-state index is 12.1. The highest BCUT2D eigenvalue weighted by atomic mass is 16.4. The van der Waals surface area contributed by atoms with Gasteiger partial charge in [-0.3, -0.25) is 9.59 Å². The van der Waals surface area contributed by atoms with Crippen molar-refractivity contribution in [3.8, 4) is 0 Å². The molecule has 108 valence electrons. The quantitative estimate of drug-likeness (QED) is 0.805. The fourth-order valence-electron chi connectivity index (χ4n) is 3.41. The van der Waals surface area contributed by atoms with Gasteiger partial charge >= 0.3 is 5.97 Å². The number of likely N-dealkylation sites (tertiary alicyclic amines) is 1. The summed E-state index contributed by atoms with van der Waals surface area (Å²) in [5.74, 6) is 0.719. The van der Waals surface area contributed by atoms with Crippen LogP contribution >= 0.6 is 0 Å². The third-order valence-corrected chi connectivity index (χ3v) is 4.65. The zero-order chi connectivity index (χ0) is 13.7. The number of carboxylic acids is 1. The lowest BCUT2D eigenvalue weighted by Gasteiger charge is -2.17. The Morgan fingerprint density at radius 3 is 2.37 bits per heavy atom. The molecule has 0 aromatic rings. The van der Waals surface area contributed by atoms with E-state index in [1.54, 1.807) is 0 Å². The lowest BCUT2D eigenvalue weighted by atomic mass is 10.0. The van der Waals surface area contributed by atoms with E-state index >= 15 is 0 Å². The topological polar surface area (TPSA) is 57.6 Å². The maximum absolute atomic E-state index is 12.1. The van der Waals surface area contributed by atoms with Gasteiger partial charge in [0.25, 0.3) is 0 Å². The molecule has 0 bridgehead atoms. The van der Waals surface area contributed by atoms with Crippen LogP contribution in [0.3, 0.4) is 0 Å². The molecule has 1 saturated heterocycles. The number of amides is 1. The Kier molecular flexibility index (Phi) is 5.23. The summed E-state index contributed by atoms with van der Waals surface area (Å²) < 4.78 is 0. The van der Waals surface area contributed by atoms with E-state index in [9.17, 15) is 9.59 Å². The fraction of sp³-hybridized carbons (Fsp3) is 0.867. The van der Waals surface area contributed by atoms with E-state index in [1.807, 2.05) is 4.90 Å². The molecule has 1 aliphatic carbocycles. The molecule has 19 heavy (non-hydrogen) atoms. The van der Waals surface area contributed by atoms with E-state index in [0.717, 1.165) is 31.8 Å². The van der Waals surface area contributed by atoms with Gasteiger partial charge in [-0.15, -0.1) is 0 Å². The number of carbonyl (C=O) groups is 2. The summed E-state index contributed by atoms with van der Waals surface area (Å²) in [5, 5.41) is 8.67. The molecule has 2 aliphatic rings. The van der Waals surface area contributed by atoms with Crippen molar-refractivity contribution in [1.82, 2.24) is 4.90 Å². The molecular weight excluding hydrogens is 242 g/mol. The number of carbonyl (C=O) groups excluding carboxylic acids is 1. The van der Waals surface area contributed by atoms with E-state index < -0.39 is 5.97 Å². The number of hydrogen-bond donors (Lipinski definition) is 1. The summed E-state index contributed by atoms with van der Waals surface area (Å²) in [7, 11) is 0. The Morgan fingerprint density at radius 1 is 1.00 bits per heavy atom. The lowest BCUT2D eigenvalue weighted by Crippen LogP contribution is -2.28. The van der Waals surface area contributed by atoms with E-state index in [1.165, 1.54) is 25.7 Å². The van der Waals surface area contributed by atoms with Crippen molar-refractivity contribution in [3.05, 3.63) is 0 Å². The first kappa shape index (κ1) is 14.4. The Bertz CT molecular complexity index is 323. The molecule has 1 saturated carbocycles. The average Bonchev–Trinajstić information content (AvgIpc) is 3.04. The average molecular weight is 267 g/mol. The first-order valence-electron chi connectivity index (χ1n) is 7.64. The monoisotopic (exact) mass is 267 g/mol. The van der Waals surface area contributed by atoms with Gasteiger partial charge in [0.15, 0.2) is 0 Å². The summed E-state index contributed by atoms with van der Waals surface area (Å²) in [6, 6.07) is 0. The van der Waals surface area contributed by atoms with E-state index in [0.29, 0.717) is 18.8 Å². The second kappa shape index (κ2) is 6.92. The minimum Gasteiger partial charge on any atom is -0.481 e. The summed E-state index contributed by atoms with van der Waals surface area (Å²) in [6.07, 6.45) is 8.92. The van der Waals surface area contributed by atoms with Crippen LogP contribution in [-0.4, -0.2) is 35.0 Å². The van der Waals surface area contributed by atoms with Crippen LogP contribution in [0, 0.1) is 11.8 Å². The van der Waals surface area contributed by atoms with Crippen molar-refractivity contribution in [1.29, 1.82) is 0 Å². The van der Waals surface area contributed by atoms with Crippen molar-refractivity contribution in [2.75, 3.05) is 13.1 Å². The maximum Gasteiger partial charge on any atom is 0.303 e. The zero-order valence-electron chi connectivity index (χ0n) is 11.6. The third kappa shape index (κ3) is 4.51. The predicted octanol–water partition coefficient (Wildman–Crippen LogP) is 2.67. The highest BCUT2D eigenvalue weighted by Gasteiger charge is 2.27. The number of hydrogen-bond acceptors (Lipinski definition) is 2. The van der Waals surface area contributed by atoms with Crippen LogP contribution in [0.1, 0.15) is 57.8 Å². The number of nitrogens with zero attached hydrogens (tertiary/aromatic N) is 1. The summed E-state index contributed by atoms with van der Waals surface area (Å²) in [5.41, 5.74) is 0. The van der Waals surface area contributed by atoms with Crippen LogP contribution in [0.2, 0.25) is 0 Å². The van der Waals surface area contributed by atoms with Gasteiger partial charge in [-0.25, -0.2) is 0 Å². The molecule has 0 aromatic carbocycles. The molecular formula is C15H25NO3. The van der Waals surface area contributed by atoms with Crippen molar-refractivity contribution in [2.24, 2.45) is 11.8 Å². The molecule has 1 N–H and O–H groups in total. The Balaban J connectivity index is 1.64. The van der Waals surface area contributed by atoms with E-state index in [2.05, 4.69) is 0 Å². The minimum absolute atomic E-state index is 0.231. The van der Waals surface area contributed by atoms with Crippen LogP contribution in [0.4, 0.5) is 0 Å². The van der Waals surface area contributed by atoms with Gasteiger partial charge in [0, 0.05) is 25.9 Å². The molecule has 1 amide bonds. The van der Waals surface area contributed by atoms with Crippen LogP contribution in [0.25, 0.3) is 0 Å². The molecule has 1 atom stereocenters. The molecule has 4 nitrogen and oxygen atoms in total. The van der Waals surface area contributed by atoms with E-state index in [-0.39, 0.29) is 12.3 Å². The second-order valence-electron chi connectivity index (χ2n) is 6.12. The van der Waals surface area contributed by atoms with Gasteiger partial charge in [0.2, 0.25) is 5.91 Å².